The van der Waals surface area contributed by atoms with Gasteiger partial charge in [0.15, 0.2) is 0 Å². The van der Waals surface area contributed by atoms with Crippen LogP contribution in [0.4, 0.5) is 5.69 Å². The van der Waals surface area contributed by atoms with Crippen molar-refractivity contribution < 1.29 is 0 Å². The molecule has 0 saturated carbocycles. The molecule has 9 rings (SSSR count). The largest absolute Gasteiger partial charge is 0.317 e. The molecule has 3 aliphatic rings. The summed E-state index contributed by atoms with van der Waals surface area (Å²) in [5.74, 6) is 1.01. The van der Waals surface area contributed by atoms with Gasteiger partial charge in [-0.1, -0.05) is 121 Å². The van der Waals surface area contributed by atoms with Gasteiger partial charge in [-0.2, -0.15) is 0 Å². The first-order valence-corrected chi connectivity index (χ1v) is 17.6. The molecule has 0 N–H and O–H groups in total. The van der Waals surface area contributed by atoms with Gasteiger partial charge in [0, 0.05) is 22.2 Å². The Bertz CT molecular complexity index is 2420. The van der Waals surface area contributed by atoms with E-state index in [1.165, 1.54) is 50.0 Å². The maximum Gasteiger partial charge on any atom is 0.145 e. The van der Waals surface area contributed by atoms with Crippen molar-refractivity contribution in [2.75, 3.05) is 4.90 Å². The molecule has 1 aliphatic heterocycles. The van der Waals surface area contributed by atoms with Crippen LogP contribution >= 0.6 is 0 Å². The van der Waals surface area contributed by atoms with Crippen LogP contribution in [0.3, 0.4) is 0 Å². The van der Waals surface area contributed by atoms with E-state index >= 15 is 0 Å². The van der Waals surface area contributed by atoms with E-state index in [0.29, 0.717) is 0 Å². The maximum atomic E-state index is 5.20. The molecule has 0 fully saturated rings. The lowest BCUT2D eigenvalue weighted by Crippen LogP contribution is -2.39. The number of rotatable bonds is 7. The van der Waals surface area contributed by atoms with Crippen molar-refractivity contribution in [3.05, 3.63) is 180 Å². The Hall–Kier alpha value is -6.00. The highest BCUT2D eigenvalue weighted by Crippen LogP contribution is 2.35. The number of anilines is 1. The van der Waals surface area contributed by atoms with Crippen molar-refractivity contribution in [2.24, 2.45) is 4.99 Å². The molecule has 6 aromatic rings. The molecular formula is C46H38N4. The minimum Gasteiger partial charge on any atom is -0.317 e. The van der Waals surface area contributed by atoms with Crippen LogP contribution in [0.15, 0.2) is 151 Å². The topological polar surface area (TPSA) is 32.9 Å². The Labute approximate surface area is 293 Å². The fourth-order valence-corrected chi connectivity index (χ4v) is 7.84. The Morgan fingerprint density at radius 1 is 0.840 bits per heavy atom. The van der Waals surface area contributed by atoms with Crippen molar-refractivity contribution in [1.82, 2.24) is 9.38 Å². The first-order valence-electron chi connectivity index (χ1n) is 17.6. The molecule has 4 nitrogen and oxygen atoms in total. The van der Waals surface area contributed by atoms with Gasteiger partial charge in [-0.05, 0) is 84.4 Å². The zero-order valence-electron chi connectivity index (χ0n) is 28.2. The zero-order valence-corrected chi connectivity index (χ0v) is 28.2. The van der Waals surface area contributed by atoms with Gasteiger partial charge in [-0.15, -0.1) is 6.58 Å². The first-order chi connectivity index (χ1) is 24.7. The number of fused-ring (bicyclic) bond motifs is 6. The Kier molecular flexibility index (Phi) is 7.50. The molecular weight excluding hydrogens is 609 g/mol. The summed E-state index contributed by atoms with van der Waals surface area (Å²) >= 11 is 0. The molecule has 2 aliphatic carbocycles. The smallest absolute Gasteiger partial charge is 0.145 e. The minimum absolute atomic E-state index is 0.119. The predicted octanol–water partition coefficient (Wildman–Crippen LogP) is 10.5. The van der Waals surface area contributed by atoms with Crippen LogP contribution in [0.1, 0.15) is 47.0 Å². The molecule has 2 unspecified atom stereocenters. The molecule has 0 bridgehead atoms. The molecule has 0 saturated heterocycles. The fourth-order valence-electron chi connectivity index (χ4n) is 7.84. The minimum atomic E-state index is 0.119. The van der Waals surface area contributed by atoms with E-state index in [4.69, 9.17) is 9.98 Å². The molecule has 4 aromatic carbocycles. The second-order valence-electron chi connectivity index (χ2n) is 13.3. The normalized spacial score (nSPS) is 18.1. The number of pyridine rings is 1. The summed E-state index contributed by atoms with van der Waals surface area (Å²) in [6.45, 7) is 6.32. The number of allylic oxidation sites excluding steroid dienone is 5. The summed E-state index contributed by atoms with van der Waals surface area (Å²) in [6, 6.07) is 37.4. The lowest BCUT2D eigenvalue weighted by atomic mass is 9.95. The highest BCUT2D eigenvalue weighted by molar-refractivity contribution is 6.12. The third-order valence-corrected chi connectivity index (χ3v) is 10.3. The number of imidazole rings is 1. The number of hydrogen-bond acceptors (Lipinski definition) is 3. The van der Waals surface area contributed by atoms with Gasteiger partial charge in [0.05, 0.1) is 29.0 Å². The number of aliphatic imine (C=N–C) groups is 1. The van der Waals surface area contributed by atoms with E-state index in [9.17, 15) is 0 Å². The second-order valence-corrected chi connectivity index (χ2v) is 13.3. The summed E-state index contributed by atoms with van der Waals surface area (Å²) < 4.78 is 2.39. The van der Waals surface area contributed by atoms with Gasteiger partial charge in [0.25, 0.3) is 0 Å². The highest BCUT2D eigenvalue weighted by atomic mass is 15.3. The Balaban J connectivity index is 1.04. The van der Waals surface area contributed by atoms with Gasteiger partial charge in [0.1, 0.15) is 11.5 Å². The van der Waals surface area contributed by atoms with Crippen LogP contribution in [0, 0.1) is 0 Å². The van der Waals surface area contributed by atoms with E-state index in [1.807, 2.05) is 6.08 Å². The molecule has 242 valence electrons. The Morgan fingerprint density at radius 2 is 1.56 bits per heavy atom. The van der Waals surface area contributed by atoms with Gasteiger partial charge < -0.3 is 4.90 Å². The van der Waals surface area contributed by atoms with Gasteiger partial charge in [-0.3, -0.25) is 9.39 Å². The molecule has 3 heterocycles. The molecule has 50 heavy (non-hydrogen) atoms. The van der Waals surface area contributed by atoms with E-state index in [1.54, 1.807) is 0 Å². The average molecular weight is 647 g/mol. The van der Waals surface area contributed by atoms with E-state index in [0.717, 1.165) is 47.7 Å². The SMILES string of the molecule is C=CCc1c(/C=C(\C)c2ccc(-c3ccc(C4=NC5C=CC=CC5N4c4ccccc4)cc3)cc2)c2nc3c(n2c2ccccc12)CCC=C3. The third-order valence-electron chi connectivity index (χ3n) is 10.3. The van der Waals surface area contributed by atoms with Crippen LogP contribution in [-0.2, 0) is 12.8 Å². The van der Waals surface area contributed by atoms with E-state index < -0.39 is 0 Å². The van der Waals surface area contributed by atoms with Crippen molar-refractivity contribution in [2.45, 2.75) is 38.3 Å². The number of aryl methyl sites for hydroxylation is 1. The first kappa shape index (κ1) is 30.1. The Morgan fingerprint density at radius 3 is 2.36 bits per heavy atom. The van der Waals surface area contributed by atoms with E-state index in [2.05, 4.69) is 168 Å². The molecule has 4 heteroatoms. The number of nitrogens with zero attached hydrogens (tertiary/aromatic N) is 4. The van der Waals surface area contributed by atoms with Gasteiger partial charge >= 0.3 is 0 Å². The number of aromatic nitrogens is 2. The second kappa shape index (κ2) is 12.5. The summed E-state index contributed by atoms with van der Waals surface area (Å²) in [4.78, 5) is 12.7. The van der Waals surface area contributed by atoms with Crippen LogP contribution < -0.4 is 4.90 Å². The van der Waals surface area contributed by atoms with Crippen molar-refractivity contribution >= 4 is 45.8 Å². The molecule has 0 radical (unpaired) electrons. The van der Waals surface area contributed by atoms with Crippen molar-refractivity contribution in [3.8, 4) is 11.1 Å². The van der Waals surface area contributed by atoms with Crippen molar-refractivity contribution in [1.29, 1.82) is 0 Å². The zero-order chi connectivity index (χ0) is 33.6. The standard InChI is InChI=1S/C46H38N4/c1-3-13-37-38-16-7-10-19-42(38)50-44-21-12-9-18-41(44)48-46(50)39(37)30-31(2)32-22-24-33(25-23-32)34-26-28-35(29-27-34)45-47-40-17-8-11-20-43(40)49(45)36-14-5-4-6-15-36/h3-11,14-20,22-30,40,43H,1,12-13,21H2,2H3/b31-30+. The lowest BCUT2D eigenvalue weighted by Gasteiger charge is -2.29. The maximum absolute atomic E-state index is 5.20. The van der Waals surface area contributed by atoms with Crippen LogP contribution in [0.25, 0.3) is 45.4 Å². The lowest BCUT2D eigenvalue weighted by molar-refractivity contribution is 0.739. The van der Waals surface area contributed by atoms with Gasteiger partial charge in [0.2, 0.25) is 0 Å². The number of para-hydroxylation sites is 2. The number of benzene rings is 4. The number of hydrogen-bond donors (Lipinski definition) is 0. The summed E-state index contributed by atoms with van der Waals surface area (Å²) in [5.41, 5.74) is 14.1. The predicted molar refractivity (Wildman–Crippen MR) is 211 cm³/mol. The summed E-state index contributed by atoms with van der Waals surface area (Å²) in [7, 11) is 0. The quantitative estimate of drug-likeness (QED) is 0.162. The molecule has 0 amide bonds. The van der Waals surface area contributed by atoms with Crippen molar-refractivity contribution in [3.63, 3.8) is 0 Å². The van der Waals surface area contributed by atoms with E-state index in [-0.39, 0.29) is 12.1 Å². The van der Waals surface area contributed by atoms with Crippen LogP contribution in [0.5, 0.6) is 0 Å². The summed E-state index contributed by atoms with van der Waals surface area (Å²) in [6.07, 6.45) is 20.3. The number of amidine groups is 1. The third kappa shape index (κ3) is 5.07. The molecule has 2 aromatic heterocycles. The monoisotopic (exact) mass is 646 g/mol. The van der Waals surface area contributed by atoms with Gasteiger partial charge in [-0.25, -0.2) is 4.98 Å². The fraction of sp³-hybridized carbons (Fsp3) is 0.130. The molecule has 2 atom stereocenters. The van der Waals surface area contributed by atoms with Crippen LogP contribution in [0.2, 0.25) is 0 Å². The highest BCUT2D eigenvalue weighted by Gasteiger charge is 2.35. The van der Waals surface area contributed by atoms with Crippen LogP contribution in [-0.4, -0.2) is 27.3 Å². The summed E-state index contributed by atoms with van der Waals surface area (Å²) in [5, 5.41) is 1.26. The molecule has 0 spiro atoms. The average Bonchev–Trinajstić information content (AvgIpc) is 3.76.